The molecule has 12 heavy (non-hydrogen) atoms. The molecule has 0 heterocycles. The van der Waals surface area contributed by atoms with Gasteiger partial charge in [-0.25, -0.2) is 0 Å². The Balaban J connectivity index is 3.39. The molecule has 0 aliphatic rings. The van der Waals surface area contributed by atoms with Crippen LogP contribution in [0, 0.1) is 17.2 Å². The quantitative estimate of drug-likeness (QED) is 0.639. The van der Waals surface area contributed by atoms with Crippen LogP contribution in [0.25, 0.3) is 0 Å². The number of hydrogen-bond acceptors (Lipinski definition) is 2. The monoisotopic (exact) mass is 168 g/mol. The van der Waals surface area contributed by atoms with Crippen molar-refractivity contribution in [2.75, 3.05) is 6.54 Å². The molecule has 0 bridgehead atoms. The number of hydrogen-bond donors (Lipinski definition) is 1. The van der Waals surface area contributed by atoms with Gasteiger partial charge in [-0.15, -0.1) is 0 Å². The molecular formula is C10H20N2. The van der Waals surface area contributed by atoms with Gasteiger partial charge in [0.05, 0.1) is 6.07 Å². The summed E-state index contributed by atoms with van der Waals surface area (Å²) < 4.78 is 0. The fourth-order valence-electron chi connectivity index (χ4n) is 0.951. The molecule has 0 aromatic rings. The smallest absolute Gasteiger partial charge is 0.101 e. The first kappa shape index (κ1) is 11.4. The third-order valence-electron chi connectivity index (χ3n) is 1.80. The fourth-order valence-corrected chi connectivity index (χ4v) is 0.951. The van der Waals surface area contributed by atoms with Gasteiger partial charge in [0.15, 0.2) is 0 Å². The van der Waals surface area contributed by atoms with E-state index in [0.29, 0.717) is 0 Å². The van der Waals surface area contributed by atoms with E-state index in [0.717, 1.165) is 18.9 Å². The lowest BCUT2D eigenvalue weighted by Gasteiger charge is -2.17. The molecule has 0 saturated heterocycles. The summed E-state index contributed by atoms with van der Waals surface area (Å²) in [5, 5.41) is 11.9. The average Bonchev–Trinajstić information content (AvgIpc) is 1.98. The molecule has 2 heteroatoms. The van der Waals surface area contributed by atoms with Crippen LogP contribution in [-0.4, -0.2) is 12.1 Å². The predicted molar refractivity (Wildman–Crippen MR) is 51.8 cm³/mol. The number of nitrogens with zero attached hydrogens (tertiary/aromatic N) is 1. The zero-order valence-corrected chi connectivity index (χ0v) is 8.65. The molecule has 0 aromatic heterocycles. The molecule has 0 fully saturated rings. The van der Waals surface area contributed by atoms with Crippen molar-refractivity contribution in [1.82, 2.24) is 5.32 Å². The van der Waals surface area contributed by atoms with Gasteiger partial charge in [0.25, 0.3) is 0 Å². The molecule has 0 spiro atoms. The lowest BCUT2D eigenvalue weighted by atomic mass is 10.1. The Hall–Kier alpha value is -0.550. The maximum Gasteiger partial charge on any atom is 0.101 e. The maximum absolute atomic E-state index is 8.69. The summed E-state index contributed by atoms with van der Waals surface area (Å²) in [7, 11) is 0. The second kappa shape index (κ2) is 5.16. The zero-order valence-electron chi connectivity index (χ0n) is 8.65. The van der Waals surface area contributed by atoms with Crippen molar-refractivity contribution in [2.24, 2.45) is 5.92 Å². The van der Waals surface area contributed by atoms with Crippen LogP contribution in [-0.2, 0) is 0 Å². The van der Waals surface area contributed by atoms with Crippen LogP contribution < -0.4 is 5.32 Å². The standard InChI is InChI=1S/C10H20N2/c1-9(2)6-5-7-12-10(3,4)8-11/h9,12H,5-7H2,1-4H3. The molecule has 0 aliphatic carbocycles. The fraction of sp³-hybridized carbons (Fsp3) is 0.900. The number of nitrogens with one attached hydrogen (secondary N) is 1. The van der Waals surface area contributed by atoms with E-state index in [1.807, 2.05) is 13.8 Å². The second-order valence-corrected chi connectivity index (χ2v) is 4.20. The summed E-state index contributed by atoms with van der Waals surface area (Å²) in [6.45, 7) is 9.19. The minimum absolute atomic E-state index is 0.364. The molecule has 1 N–H and O–H groups in total. The van der Waals surface area contributed by atoms with Crippen LogP contribution in [0.5, 0.6) is 0 Å². The van der Waals surface area contributed by atoms with Crippen LogP contribution in [0.2, 0.25) is 0 Å². The van der Waals surface area contributed by atoms with E-state index in [-0.39, 0.29) is 5.54 Å². The first-order valence-electron chi connectivity index (χ1n) is 4.64. The van der Waals surface area contributed by atoms with Crippen LogP contribution >= 0.6 is 0 Å². The number of nitriles is 1. The Bertz CT molecular complexity index is 154. The van der Waals surface area contributed by atoms with Gasteiger partial charge >= 0.3 is 0 Å². The topological polar surface area (TPSA) is 35.8 Å². The highest BCUT2D eigenvalue weighted by Gasteiger charge is 2.13. The van der Waals surface area contributed by atoms with Gasteiger partial charge in [0.1, 0.15) is 5.54 Å². The molecule has 70 valence electrons. The van der Waals surface area contributed by atoms with E-state index >= 15 is 0 Å². The van der Waals surface area contributed by atoms with Gasteiger partial charge < -0.3 is 0 Å². The van der Waals surface area contributed by atoms with Crippen molar-refractivity contribution in [3.05, 3.63) is 0 Å². The van der Waals surface area contributed by atoms with Crippen LogP contribution in [0.4, 0.5) is 0 Å². The Kier molecular flexibility index (Phi) is 4.92. The minimum Gasteiger partial charge on any atom is -0.300 e. The van der Waals surface area contributed by atoms with Crippen molar-refractivity contribution < 1.29 is 0 Å². The van der Waals surface area contributed by atoms with E-state index in [1.165, 1.54) is 6.42 Å². The average molecular weight is 168 g/mol. The van der Waals surface area contributed by atoms with Crippen LogP contribution in [0.1, 0.15) is 40.5 Å². The molecule has 2 nitrogen and oxygen atoms in total. The van der Waals surface area contributed by atoms with E-state index in [2.05, 4.69) is 25.2 Å². The summed E-state index contributed by atoms with van der Waals surface area (Å²) in [5.41, 5.74) is -0.364. The second-order valence-electron chi connectivity index (χ2n) is 4.20. The SMILES string of the molecule is CC(C)CCCNC(C)(C)C#N. The van der Waals surface area contributed by atoms with Crippen molar-refractivity contribution in [3.63, 3.8) is 0 Å². The molecule has 0 rings (SSSR count). The Morgan fingerprint density at radius 1 is 1.42 bits per heavy atom. The molecule has 0 unspecified atom stereocenters. The molecule has 0 aliphatic heterocycles. The Morgan fingerprint density at radius 3 is 2.42 bits per heavy atom. The highest BCUT2D eigenvalue weighted by atomic mass is 14.9. The van der Waals surface area contributed by atoms with Crippen LogP contribution in [0.3, 0.4) is 0 Å². The van der Waals surface area contributed by atoms with Gasteiger partial charge in [0.2, 0.25) is 0 Å². The van der Waals surface area contributed by atoms with E-state index in [9.17, 15) is 0 Å². The third kappa shape index (κ3) is 6.18. The minimum atomic E-state index is -0.364. The van der Waals surface area contributed by atoms with Gasteiger partial charge in [-0.1, -0.05) is 13.8 Å². The summed E-state index contributed by atoms with van der Waals surface area (Å²) in [5.74, 6) is 0.761. The molecule has 0 aromatic carbocycles. The molecule has 0 amide bonds. The predicted octanol–water partition coefficient (Wildman–Crippen LogP) is 2.31. The summed E-state index contributed by atoms with van der Waals surface area (Å²) in [4.78, 5) is 0. The van der Waals surface area contributed by atoms with Gasteiger partial charge in [-0.05, 0) is 39.2 Å². The van der Waals surface area contributed by atoms with E-state index in [4.69, 9.17) is 5.26 Å². The lowest BCUT2D eigenvalue weighted by molar-refractivity contribution is 0.452. The van der Waals surface area contributed by atoms with E-state index < -0.39 is 0 Å². The highest BCUT2D eigenvalue weighted by Crippen LogP contribution is 2.04. The summed E-state index contributed by atoms with van der Waals surface area (Å²) in [6.07, 6.45) is 2.39. The maximum atomic E-state index is 8.69. The van der Waals surface area contributed by atoms with Gasteiger partial charge in [-0.3, -0.25) is 5.32 Å². The Labute approximate surface area is 76.0 Å². The van der Waals surface area contributed by atoms with Crippen molar-refractivity contribution in [1.29, 1.82) is 5.26 Å². The molecule has 0 saturated carbocycles. The highest BCUT2D eigenvalue weighted by molar-refractivity contribution is 4.99. The van der Waals surface area contributed by atoms with Crippen molar-refractivity contribution in [2.45, 2.75) is 46.1 Å². The third-order valence-corrected chi connectivity index (χ3v) is 1.80. The lowest BCUT2D eigenvalue weighted by Crippen LogP contribution is -2.38. The first-order chi connectivity index (χ1) is 5.48. The largest absolute Gasteiger partial charge is 0.300 e. The summed E-state index contributed by atoms with van der Waals surface area (Å²) in [6, 6.07) is 2.22. The van der Waals surface area contributed by atoms with Gasteiger partial charge in [0, 0.05) is 0 Å². The van der Waals surface area contributed by atoms with Gasteiger partial charge in [-0.2, -0.15) is 5.26 Å². The first-order valence-corrected chi connectivity index (χ1v) is 4.64. The zero-order chi connectivity index (χ0) is 9.61. The Morgan fingerprint density at radius 2 is 2.00 bits per heavy atom. The van der Waals surface area contributed by atoms with Crippen molar-refractivity contribution >= 4 is 0 Å². The molecule has 0 radical (unpaired) electrons. The van der Waals surface area contributed by atoms with Crippen molar-refractivity contribution in [3.8, 4) is 6.07 Å². The van der Waals surface area contributed by atoms with E-state index in [1.54, 1.807) is 0 Å². The van der Waals surface area contributed by atoms with Crippen LogP contribution in [0.15, 0.2) is 0 Å². The molecular weight excluding hydrogens is 148 g/mol. The summed E-state index contributed by atoms with van der Waals surface area (Å²) >= 11 is 0. The molecule has 0 atom stereocenters. The number of rotatable bonds is 5. The normalized spacial score (nSPS) is 11.7.